The topological polar surface area (TPSA) is 73.2 Å². The molecule has 2 aromatic carbocycles. The molecule has 3 aromatic rings. The number of ether oxygens (including phenoxy) is 1. The zero-order valence-corrected chi connectivity index (χ0v) is 18.4. The molecule has 32 heavy (non-hydrogen) atoms. The third-order valence-corrected chi connectivity index (χ3v) is 5.76. The molecular formula is C25H26FN3O3. The molecule has 0 atom stereocenters. The van der Waals surface area contributed by atoms with Gasteiger partial charge in [0.1, 0.15) is 11.6 Å². The first-order chi connectivity index (χ1) is 15.4. The number of hydrogen-bond donors (Lipinski definition) is 1. The first-order valence-electron chi connectivity index (χ1n) is 10.8. The first kappa shape index (κ1) is 21.7. The lowest BCUT2D eigenvalue weighted by Crippen LogP contribution is -2.37. The summed E-state index contributed by atoms with van der Waals surface area (Å²) in [5.74, 6) is -0.457. The standard InChI is InChI=1S/C25H26FN3O3/c1-4-29-22(17-8-6-16(3)7-9-17)27-20(21(24(29)31)32-5-2)23(30)28-25(14-15-25)18-10-12-19(26)13-11-18/h6-13H,4-5,14-15H2,1-3H3,(H,28,30). The summed E-state index contributed by atoms with van der Waals surface area (Å²) in [5, 5.41) is 3.02. The molecule has 1 aliphatic carbocycles. The summed E-state index contributed by atoms with van der Waals surface area (Å²) in [6, 6.07) is 13.7. The van der Waals surface area contributed by atoms with Crippen molar-refractivity contribution in [2.24, 2.45) is 0 Å². The quantitative estimate of drug-likeness (QED) is 0.604. The van der Waals surface area contributed by atoms with Gasteiger partial charge < -0.3 is 10.1 Å². The van der Waals surface area contributed by atoms with Crippen LogP contribution in [0.5, 0.6) is 5.75 Å². The van der Waals surface area contributed by atoms with Crippen molar-refractivity contribution in [3.63, 3.8) is 0 Å². The molecule has 1 aliphatic rings. The van der Waals surface area contributed by atoms with Gasteiger partial charge in [-0.3, -0.25) is 14.2 Å². The van der Waals surface area contributed by atoms with Gasteiger partial charge in [-0.2, -0.15) is 0 Å². The van der Waals surface area contributed by atoms with Crippen LogP contribution in [0.25, 0.3) is 11.4 Å². The molecule has 166 valence electrons. The van der Waals surface area contributed by atoms with Crippen LogP contribution in [0.4, 0.5) is 4.39 Å². The molecule has 0 unspecified atom stereocenters. The van der Waals surface area contributed by atoms with E-state index in [-0.39, 0.29) is 23.9 Å². The lowest BCUT2D eigenvalue weighted by molar-refractivity contribution is 0.0920. The molecule has 1 fully saturated rings. The molecule has 1 amide bonds. The summed E-state index contributed by atoms with van der Waals surface area (Å²) in [5.41, 5.74) is 1.64. The number of nitrogens with one attached hydrogen (secondary N) is 1. The molecule has 0 bridgehead atoms. The van der Waals surface area contributed by atoms with Gasteiger partial charge in [-0.15, -0.1) is 0 Å². The highest BCUT2D eigenvalue weighted by atomic mass is 19.1. The van der Waals surface area contributed by atoms with Crippen molar-refractivity contribution in [3.05, 3.63) is 81.5 Å². The maximum absolute atomic E-state index is 13.4. The minimum absolute atomic E-state index is 0.0366. The van der Waals surface area contributed by atoms with Crippen LogP contribution < -0.4 is 15.6 Å². The van der Waals surface area contributed by atoms with Gasteiger partial charge in [-0.05, 0) is 51.3 Å². The molecule has 0 aliphatic heterocycles. The predicted molar refractivity (Wildman–Crippen MR) is 120 cm³/mol. The highest BCUT2D eigenvalue weighted by Crippen LogP contribution is 2.45. The fourth-order valence-electron chi connectivity index (χ4n) is 3.84. The Hall–Kier alpha value is -3.48. The highest BCUT2D eigenvalue weighted by molar-refractivity contribution is 5.96. The third-order valence-electron chi connectivity index (χ3n) is 5.76. The van der Waals surface area contributed by atoms with Gasteiger partial charge in [-0.25, -0.2) is 9.37 Å². The van der Waals surface area contributed by atoms with Crippen LogP contribution in [0.3, 0.4) is 0 Å². The van der Waals surface area contributed by atoms with Gasteiger partial charge in [0.2, 0.25) is 5.75 Å². The van der Waals surface area contributed by atoms with Crippen LogP contribution in [0.15, 0.2) is 53.3 Å². The maximum atomic E-state index is 13.4. The summed E-state index contributed by atoms with van der Waals surface area (Å²) < 4.78 is 20.5. The van der Waals surface area contributed by atoms with Crippen molar-refractivity contribution in [2.75, 3.05) is 6.61 Å². The second kappa shape index (κ2) is 8.57. The van der Waals surface area contributed by atoms with Gasteiger partial charge in [0.05, 0.1) is 12.1 Å². The van der Waals surface area contributed by atoms with Gasteiger partial charge in [0.25, 0.3) is 11.5 Å². The summed E-state index contributed by atoms with van der Waals surface area (Å²) in [4.78, 5) is 31.2. The number of aryl methyl sites for hydroxylation is 1. The second-order valence-electron chi connectivity index (χ2n) is 8.00. The molecular weight excluding hydrogens is 409 g/mol. The van der Waals surface area contributed by atoms with Crippen LogP contribution in [0.1, 0.15) is 48.3 Å². The Balaban J connectivity index is 1.78. The Labute approximate surface area is 186 Å². The summed E-state index contributed by atoms with van der Waals surface area (Å²) in [6.07, 6.45) is 1.45. The van der Waals surface area contributed by atoms with E-state index < -0.39 is 17.0 Å². The average molecular weight is 435 g/mol. The Kier molecular flexibility index (Phi) is 5.82. The zero-order chi connectivity index (χ0) is 22.9. The van der Waals surface area contributed by atoms with E-state index in [0.29, 0.717) is 12.4 Å². The highest BCUT2D eigenvalue weighted by Gasteiger charge is 2.46. The number of rotatable bonds is 7. The second-order valence-corrected chi connectivity index (χ2v) is 8.00. The molecule has 4 rings (SSSR count). The van der Waals surface area contributed by atoms with Crippen LogP contribution >= 0.6 is 0 Å². The number of nitrogens with zero attached hydrogens (tertiary/aromatic N) is 2. The number of hydrogen-bond acceptors (Lipinski definition) is 4. The fourth-order valence-corrected chi connectivity index (χ4v) is 3.84. The molecule has 1 heterocycles. The smallest absolute Gasteiger partial charge is 0.297 e. The Morgan fingerprint density at radius 3 is 2.34 bits per heavy atom. The Morgan fingerprint density at radius 2 is 1.78 bits per heavy atom. The van der Waals surface area contributed by atoms with Gasteiger partial charge in [0, 0.05) is 12.1 Å². The zero-order valence-electron chi connectivity index (χ0n) is 18.4. The van der Waals surface area contributed by atoms with Crippen LogP contribution in [0.2, 0.25) is 0 Å². The van der Waals surface area contributed by atoms with Crippen molar-refractivity contribution < 1.29 is 13.9 Å². The van der Waals surface area contributed by atoms with E-state index in [1.165, 1.54) is 16.7 Å². The monoisotopic (exact) mass is 435 g/mol. The molecule has 1 N–H and O–H groups in total. The van der Waals surface area contributed by atoms with Gasteiger partial charge >= 0.3 is 0 Å². The van der Waals surface area contributed by atoms with Crippen molar-refractivity contribution in [1.82, 2.24) is 14.9 Å². The van der Waals surface area contributed by atoms with Crippen molar-refractivity contribution >= 4 is 5.91 Å². The molecule has 6 nitrogen and oxygen atoms in total. The lowest BCUT2D eigenvalue weighted by Gasteiger charge is -2.20. The number of benzene rings is 2. The maximum Gasteiger partial charge on any atom is 0.297 e. The van der Waals surface area contributed by atoms with E-state index in [0.717, 1.165) is 29.5 Å². The minimum atomic E-state index is -0.584. The largest absolute Gasteiger partial charge is 0.486 e. The predicted octanol–water partition coefficient (Wildman–Crippen LogP) is 4.20. The summed E-state index contributed by atoms with van der Waals surface area (Å²) >= 11 is 0. The van der Waals surface area contributed by atoms with E-state index in [1.807, 2.05) is 38.1 Å². The normalized spacial score (nSPS) is 14.1. The fraction of sp³-hybridized carbons (Fsp3) is 0.320. The van der Waals surface area contributed by atoms with E-state index in [9.17, 15) is 14.0 Å². The number of carbonyl (C=O) groups is 1. The average Bonchev–Trinajstić information content (AvgIpc) is 3.56. The van der Waals surface area contributed by atoms with E-state index in [2.05, 4.69) is 10.3 Å². The molecule has 0 radical (unpaired) electrons. The Bertz CT molecular complexity index is 1200. The minimum Gasteiger partial charge on any atom is -0.486 e. The van der Waals surface area contributed by atoms with Crippen LogP contribution in [-0.2, 0) is 12.1 Å². The summed E-state index contributed by atoms with van der Waals surface area (Å²) in [6.45, 7) is 6.20. The summed E-state index contributed by atoms with van der Waals surface area (Å²) in [7, 11) is 0. The molecule has 1 aromatic heterocycles. The Morgan fingerprint density at radius 1 is 1.12 bits per heavy atom. The number of aromatic nitrogens is 2. The van der Waals surface area contributed by atoms with E-state index >= 15 is 0 Å². The first-order valence-corrected chi connectivity index (χ1v) is 10.8. The number of carbonyl (C=O) groups excluding carboxylic acids is 1. The molecule has 0 spiro atoms. The van der Waals surface area contributed by atoms with Crippen molar-refractivity contribution in [2.45, 2.75) is 45.7 Å². The van der Waals surface area contributed by atoms with Crippen LogP contribution in [0, 0.1) is 12.7 Å². The number of amides is 1. The van der Waals surface area contributed by atoms with Crippen molar-refractivity contribution in [3.8, 4) is 17.1 Å². The lowest BCUT2D eigenvalue weighted by atomic mass is 10.0. The third kappa shape index (κ3) is 4.02. The SMILES string of the molecule is CCOc1c(C(=O)NC2(c3ccc(F)cc3)CC2)nc(-c2ccc(C)cc2)n(CC)c1=O. The van der Waals surface area contributed by atoms with E-state index in [4.69, 9.17) is 4.74 Å². The van der Waals surface area contributed by atoms with Crippen LogP contribution in [-0.4, -0.2) is 22.1 Å². The molecule has 1 saturated carbocycles. The molecule has 7 heteroatoms. The van der Waals surface area contributed by atoms with Crippen molar-refractivity contribution in [1.29, 1.82) is 0 Å². The van der Waals surface area contributed by atoms with Gasteiger partial charge in [0.15, 0.2) is 5.69 Å². The van der Waals surface area contributed by atoms with E-state index in [1.54, 1.807) is 19.1 Å². The van der Waals surface area contributed by atoms with Gasteiger partial charge in [-0.1, -0.05) is 42.0 Å². The molecule has 0 saturated heterocycles. The number of halogens is 1.